The minimum absolute atomic E-state index is 0.00533. The van der Waals surface area contributed by atoms with Crippen LogP contribution in [0.4, 0.5) is 0 Å². The molecule has 0 amide bonds. The number of Topliss-reactive ketones (excluding diaryl/α,β-unsaturated/α-hetero) is 4. The second kappa shape index (κ2) is 16.6. The van der Waals surface area contributed by atoms with Gasteiger partial charge in [0.05, 0.1) is 6.42 Å². The quantitative estimate of drug-likeness (QED) is 0.205. The normalized spacial score (nSPS) is 18.3. The number of carbonyl (C=O) groups is 4. The van der Waals surface area contributed by atoms with Gasteiger partial charge < -0.3 is 0 Å². The van der Waals surface area contributed by atoms with E-state index in [1.165, 1.54) is 12.5 Å². The van der Waals surface area contributed by atoms with Gasteiger partial charge in [0.2, 0.25) is 0 Å². The third-order valence-corrected chi connectivity index (χ3v) is 9.16. The van der Waals surface area contributed by atoms with Crippen LogP contribution in [0.15, 0.2) is 54.2 Å². The van der Waals surface area contributed by atoms with Crippen LogP contribution in [0.5, 0.6) is 0 Å². The number of hydrogen-bond acceptors (Lipinski definition) is 4. The standard InChI is InChI=1S/C39H52O4/c1-7-16-31(34(8-2)37(42)19-27(5)40)20-30-22-36-35(26(3)4)25-32(28(6)39(36)38(43)23-30)24-33(41)21-29-17-14-12-10-9-11-13-15-18-29/h9-10,12-15,18,25-26,30-31,34H,7-8,11,16-17,19-24H2,1-6H3. The lowest BCUT2D eigenvalue weighted by Crippen LogP contribution is -2.30. The Labute approximate surface area is 259 Å². The molecule has 2 aliphatic rings. The first-order chi connectivity index (χ1) is 20.5. The molecule has 0 aromatic heterocycles. The Bertz CT molecular complexity index is 1300. The molecule has 0 saturated heterocycles. The number of rotatable bonds is 14. The van der Waals surface area contributed by atoms with E-state index in [-0.39, 0.29) is 53.2 Å². The minimum atomic E-state index is -0.135. The predicted molar refractivity (Wildman–Crippen MR) is 177 cm³/mol. The Balaban J connectivity index is 1.85. The smallest absolute Gasteiger partial charge is 0.163 e. The van der Waals surface area contributed by atoms with E-state index >= 15 is 0 Å². The first-order valence-corrected chi connectivity index (χ1v) is 16.4. The van der Waals surface area contributed by atoms with Crippen molar-refractivity contribution in [1.29, 1.82) is 0 Å². The summed E-state index contributed by atoms with van der Waals surface area (Å²) in [6, 6.07) is 2.19. The Morgan fingerprint density at radius 1 is 0.977 bits per heavy atom. The molecule has 232 valence electrons. The lowest BCUT2D eigenvalue weighted by molar-refractivity contribution is -0.130. The van der Waals surface area contributed by atoms with E-state index in [1.807, 2.05) is 32.1 Å². The Morgan fingerprint density at radius 2 is 1.70 bits per heavy atom. The molecule has 0 aliphatic heterocycles. The lowest BCUT2D eigenvalue weighted by atomic mass is 9.70. The number of allylic oxidation sites excluding steroid dienone is 8. The van der Waals surface area contributed by atoms with E-state index in [1.54, 1.807) is 0 Å². The van der Waals surface area contributed by atoms with Gasteiger partial charge in [-0.3, -0.25) is 19.2 Å². The van der Waals surface area contributed by atoms with Gasteiger partial charge in [-0.2, -0.15) is 0 Å². The van der Waals surface area contributed by atoms with E-state index in [0.717, 1.165) is 72.8 Å². The maximum absolute atomic E-state index is 13.8. The second-order valence-corrected chi connectivity index (χ2v) is 13.0. The number of hydrogen-bond donors (Lipinski definition) is 0. The predicted octanol–water partition coefficient (Wildman–Crippen LogP) is 9.13. The SMILES string of the molecule is CCCC(CC1CC(=O)c2c(C)c(CC(=O)CC3=CC=CCC=CC=CC3)cc(C(C)C)c2C1)C(CC)C(=O)CC(C)=O. The summed E-state index contributed by atoms with van der Waals surface area (Å²) in [6.45, 7) is 12.0. The summed E-state index contributed by atoms with van der Waals surface area (Å²) >= 11 is 0. The highest BCUT2D eigenvalue weighted by Gasteiger charge is 2.34. The number of carbonyl (C=O) groups excluding carboxylic acids is 4. The summed E-state index contributed by atoms with van der Waals surface area (Å²) in [5, 5.41) is 0. The molecule has 0 bridgehead atoms. The fourth-order valence-corrected chi connectivity index (χ4v) is 7.13. The van der Waals surface area contributed by atoms with Crippen LogP contribution in [0.3, 0.4) is 0 Å². The molecule has 0 radical (unpaired) electrons. The maximum atomic E-state index is 13.8. The van der Waals surface area contributed by atoms with Gasteiger partial charge >= 0.3 is 0 Å². The van der Waals surface area contributed by atoms with Crippen molar-refractivity contribution in [3.05, 3.63) is 82.0 Å². The van der Waals surface area contributed by atoms with Crippen molar-refractivity contribution in [1.82, 2.24) is 0 Å². The third kappa shape index (κ3) is 9.68. The highest BCUT2D eigenvalue weighted by Crippen LogP contribution is 2.40. The molecule has 0 N–H and O–H groups in total. The van der Waals surface area contributed by atoms with Gasteiger partial charge in [-0.25, -0.2) is 0 Å². The summed E-state index contributed by atoms with van der Waals surface area (Å²) in [5.41, 5.74) is 6.16. The molecular weight excluding hydrogens is 532 g/mol. The zero-order chi connectivity index (χ0) is 31.5. The molecular formula is C39H52O4. The van der Waals surface area contributed by atoms with E-state index in [9.17, 15) is 19.2 Å². The average Bonchev–Trinajstić information content (AvgIpc) is 2.93. The first kappa shape index (κ1) is 34.4. The van der Waals surface area contributed by atoms with Gasteiger partial charge in [0.25, 0.3) is 0 Å². The van der Waals surface area contributed by atoms with Crippen LogP contribution in [-0.4, -0.2) is 23.1 Å². The summed E-state index contributed by atoms with van der Waals surface area (Å²) in [6.07, 6.45) is 21.6. The molecule has 0 heterocycles. The summed E-state index contributed by atoms with van der Waals surface area (Å²) in [5.74, 6) is 0.753. The van der Waals surface area contributed by atoms with Crippen LogP contribution < -0.4 is 0 Å². The molecule has 0 saturated carbocycles. The van der Waals surface area contributed by atoms with Crippen LogP contribution in [0, 0.1) is 24.7 Å². The van der Waals surface area contributed by atoms with Crippen molar-refractivity contribution in [2.75, 3.05) is 0 Å². The molecule has 1 aromatic rings. The largest absolute Gasteiger partial charge is 0.300 e. The fourth-order valence-electron chi connectivity index (χ4n) is 7.13. The van der Waals surface area contributed by atoms with Crippen molar-refractivity contribution in [3.8, 4) is 0 Å². The number of benzene rings is 1. The van der Waals surface area contributed by atoms with E-state index in [4.69, 9.17) is 0 Å². The van der Waals surface area contributed by atoms with Crippen LogP contribution in [-0.2, 0) is 27.2 Å². The molecule has 1 aromatic carbocycles. The minimum Gasteiger partial charge on any atom is -0.300 e. The van der Waals surface area contributed by atoms with Crippen molar-refractivity contribution < 1.29 is 19.2 Å². The zero-order valence-electron chi connectivity index (χ0n) is 27.3. The van der Waals surface area contributed by atoms with E-state index in [0.29, 0.717) is 19.3 Å². The molecule has 0 fully saturated rings. The first-order valence-electron chi connectivity index (χ1n) is 16.4. The summed E-state index contributed by atoms with van der Waals surface area (Å²) in [4.78, 5) is 51.8. The molecule has 2 aliphatic carbocycles. The van der Waals surface area contributed by atoms with Gasteiger partial charge in [0, 0.05) is 30.7 Å². The Hall–Kier alpha value is -3.14. The van der Waals surface area contributed by atoms with Gasteiger partial charge in [0.1, 0.15) is 17.3 Å². The lowest BCUT2D eigenvalue weighted by Gasteiger charge is -2.33. The monoisotopic (exact) mass is 584 g/mol. The third-order valence-electron chi connectivity index (χ3n) is 9.16. The summed E-state index contributed by atoms with van der Waals surface area (Å²) in [7, 11) is 0. The molecule has 4 nitrogen and oxygen atoms in total. The van der Waals surface area contributed by atoms with Gasteiger partial charge in [-0.1, -0.05) is 94.7 Å². The van der Waals surface area contributed by atoms with E-state index < -0.39 is 0 Å². The molecule has 3 unspecified atom stereocenters. The van der Waals surface area contributed by atoms with Crippen molar-refractivity contribution >= 4 is 23.1 Å². The molecule has 43 heavy (non-hydrogen) atoms. The molecule has 3 rings (SSSR count). The van der Waals surface area contributed by atoms with Crippen LogP contribution in [0.1, 0.15) is 131 Å². The van der Waals surface area contributed by atoms with Crippen molar-refractivity contribution in [2.24, 2.45) is 17.8 Å². The highest BCUT2D eigenvalue weighted by molar-refractivity contribution is 6.01. The van der Waals surface area contributed by atoms with E-state index in [2.05, 4.69) is 51.1 Å². The second-order valence-electron chi connectivity index (χ2n) is 13.0. The Morgan fingerprint density at radius 3 is 2.37 bits per heavy atom. The molecule has 0 spiro atoms. The van der Waals surface area contributed by atoms with Crippen LogP contribution in [0.25, 0.3) is 0 Å². The van der Waals surface area contributed by atoms with Crippen molar-refractivity contribution in [3.63, 3.8) is 0 Å². The molecule has 3 atom stereocenters. The van der Waals surface area contributed by atoms with Gasteiger partial charge in [0.15, 0.2) is 5.78 Å². The average molecular weight is 585 g/mol. The van der Waals surface area contributed by atoms with Gasteiger partial charge in [-0.15, -0.1) is 0 Å². The molecule has 4 heteroatoms. The maximum Gasteiger partial charge on any atom is 0.163 e. The van der Waals surface area contributed by atoms with Crippen LogP contribution in [0.2, 0.25) is 0 Å². The number of ketones is 4. The number of fused-ring (bicyclic) bond motifs is 1. The van der Waals surface area contributed by atoms with Crippen molar-refractivity contribution in [2.45, 2.75) is 118 Å². The summed E-state index contributed by atoms with van der Waals surface area (Å²) < 4.78 is 0. The highest BCUT2D eigenvalue weighted by atomic mass is 16.1. The van der Waals surface area contributed by atoms with Gasteiger partial charge in [-0.05, 0) is 86.0 Å². The zero-order valence-corrected chi connectivity index (χ0v) is 27.3. The fraction of sp³-hybridized carbons (Fsp3) is 0.538. The topological polar surface area (TPSA) is 68.3 Å². The Kier molecular flexibility index (Phi) is 13.3. The van der Waals surface area contributed by atoms with Crippen LogP contribution >= 0.6 is 0 Å².